The maximum absolute atomic E-state index is 4.38. The van der Waals surface area contributed by atoms with E-state index < -0.39 is 0 Å². The zero-order chi connectivity index (χ0) is 14.8. The summed E-state index contributed by atoms with van der Waals surface area (Å²) < 4.78 is 1.93. The van der Waals surface area contributed by atoms with E-state index in [4.69, 9.17) is 0 Å². The van der Waals surface area contributed by atoms with E-state index >= 15 is 0 Å². The summed E-state index contributed by atoms with van der Waals surface area (Å²) in [7, 11) is 2.01. The Morgan fingerprint density at radius 3 is 2.75 bits per heavy atom. The first-order valence-corrected chi connectivity index (χ1v) is 8.17. The molecule has 1 aromatic rings. The molecule has 0 saturated heterocycles. The molecule has 3 atom stereocenters. The van der Waals surface area contributed by atoms with Crippen molar-refractivity contribution < 1.29 is 0 Å². The van der Waals surface area contributed by atoms with E-state index in [9.17, 15) is 0 Å². The monoisotopic (exact) mass is 277 g/mol. The van der Waals surface area contributed by atoms with Crippen molar-refractivity contribution in [2.45, 2.75) is 64.8 Å². The van der Waals surface area contributed by atoms with Crippen molar-refractivity contribution in [1.82, 2.24) is 15.1 Å². The fraction of sp³-hybridized carbons (Fsp3) is 0.824. The molecule has 1 aliphatic carbocycles. The van der Waals surface area contributed by atoms with Crippen LogP contribution in [0.1, 0.15) is 58.9 Å². The van der Waals surface area contributed by atoms with Gasteiger partial charge in [0.15, 0.2) is 0 Å². The highest BCUT2D eigenvalue weighted by Gasteiger charge is 2.40. The quantitative estimate of drug-likeness (QED) is 0.892. The molecule has 1 fully saturated rings. The second-order valence-corrected chi connectivity index (χ2v) is 7.21. The largest absolute Gasteiger partial charge is 0.314 e. The highest BCUT2D eigenvalue weighted by atomic mass is 15.2. The zero-order valence-electron chi connectivity index (χ0n) is 13.8. The molecule has 2 rings (SSSR count). The summed E-state index contributed by atoms with van der Waals surface area (Å²) in [4.78, 5) is 0. The number of hydrogen-bond donors (Lipinski definition) is 1. The molecule has 0 radical (unpaired) electrons. The van der Waals surface area contributed by atoms with Crippen molar-refractivity contribution in [1.29, 1.82) is 0 Å². The Balaban J connectivity index is 2.18. The van der Waals surface area contributed by atoms with Gasteiger partial charge in [-0.25, -0.2) is 0 Å². The molecule has 3 nitrogen and oxygen atoms in total. The minimum absolute atomic E-state index is 0.194. The molecule has 114 valence electrons. The summed E-state index contributed by atoms with van der Waals surface area (Å²) in [5.74, 6) is 1.56. The molecule has 1 aliphatic rings. The lowest BCUT2D eigenvalue weighted by Crippen LogP contribution is -2.48. The number of nitrogens with one attached hydrogen (secondary N) is 1. The molecule has 0 aliphatic heterocycles. The van der Waals surface area contributed by atoms with E-state index in [1.165, 1.54) is 31.2 Å². The predicted octanol–water partition coefficient (Wildman–Crippen LogP) is 3.50. The van der Waals surface area contributed by atoms with Crippen LogP contribution in [-0.2, 0) is 12.5 Å². The van der Waals surface area contributed by atoms with Gasteiger partial charge in [0.2, 0.25) is 0 Å². The minimum atomic E-state index is 0.194. The first kappa shape index (κ1) is 15.6. The van der Waals surface area contributed by atoms with Gasteiger partial charge in [0, 0.05) is 19.3 Å². The molecule has 0 aromatic carbocycles. The SMILES string of the molecule is CCCNC1CC(C)CCC1C(C)(C)c1cnn(C)c1. The van der Waals surface area contributed by atoms with E-state index in [-0.39, 0.29) is 5.41 Å². The Morgan fingerprint density at radius 2 is 2.15 bits per heavy atom. The van der Waals surface area contributed by atoms with Crippen molar-refractivity contribution in [3.8, 4) is 0 Å². The van der Waals surface area contributed by atoms with Crippen molar-refractivity contribution in [3.63, 3.8) is 0 Å². The van der Waals surface area contributed by atoms with Gasteiger partial charge >= 0.3 is 0 Å². The summed E-state index contributed by atoms with van der Waals surface area (Å²) in [5.41, 5.74) is 1.57. The number of nitrogens with zero attached hydrogens (tertiary/aromatic N) is 2. The molecule has 1 saturated carbocycles. The predicted molar refractivity (Wildman–Crippen MR) is 84.8 cm³/mol. The van der Waals surface area contributed by atoms with Crippen molar-refractivity contribution in [3.05, 3.63) is 18.0 Å². The Morgan fingerprint density at radius 1 is 1.40 bits per heavy atom. The summed E-state index contributed by atoms with van der Waals surface area (Å²) in [5, 5.41) is 8.18. The lowest BCUT2D eigenvalue weighted by molar-refractivity contribution is 0.145. The van der Waals surface area contributed by atoms with Crippen LogP contribution in [0.4, 0.5) is 0 Å². The second-order valence-electron chi connectivity index (χ2n) is 7.21. The van der Waals surface area contributed by atoms with Crippen molar-refractivity contribution in [2.24, 2.45) is 18.9 Å². The molecule has 1 N–H and O–H groups in total. The maximum Gasteiger partial charge on any atom is 0.0527 e. The topological polar surface area (TPSA) is 29.9 Å². The van der Waals surface area contributed by atoms with Gasteiger partial charge in [-0.1, -0.05) is 34.1 Å². The van der Waals surface area contributed by atoms with Gasteiger partial charge in [-0.05, 0) is 48.6 Å². The minimum Gasteiger partial charge on any atom is -0.314 e. The Bertz CT molecular complexity index is 422. The zero-order valence-corrected chi connectivity index (χ0v) is 13.8. The average molecular weight is 277 g/mol. The normalized spacial score (nSPS) is 27.8. The van der Waals surface area contributed by atoms with Gasteiger partial charge in [-0.2, -0.15) is 5.10 Å². The van der Waals surface area contributed by atoms with Gasteiger partial charge in [0.25, 0.3) is 0 Å². The van der Waals surface area contributed by atoms with Crippen LogP contribution in [0, 0.1) is 11.8 Å². The molecule has 3 heteroatoms. The van der Waals surface area contributed by atoms with E-state index in [2.05, 4.69) is 50.5 Å². The van der Waals surface area contributed by atoms with Gasteiger partial charge in [-0.3, -0.25) is 4.68 Å². The van der Waals surface area contributed by atoms with Crippen molar-refractivity contribution in [2.75, 3.05) is 6.54 Å². The second kappa shape index (κ2) is 6.30. The first-order chi connectivity index (χ1) is 9.45. The number of hydrogen-bond acceptors (Lipinski definition) is 2. The molecular weight excluding hydrogens is 246 g/mol. The molecule has 1 aromatic heterocycles. The van der Waals surface area contributed by atoms with Gasteiger partial charge in [0.05, 0.1) is 6.20 Å². The Hall–Kier alpha value is -0.830. The van der Waals surface area contributed by atoms with Gasteiger partial charge in [0.1, 0.15) is 0 Å². The van der Waals surface area contributed by atoms with Crippen LogP contribution < -0.4 is 5.32 Å². The van der Waals surface area contributed by atoms with Crippen molar-refractivity contribution >= 4 is 0 Å². The van der Waals surface area contributed by atoms with Crippen LogP contribution in [0.2, 0.25) is 0 Å². The fourth-order valence-electron chi connectivity index (χ4n) is 3.77. The van der Waals surface area contributed by atoms with Crippen LogP contribution in [0.15, 0.2) is 12.4 Å². The van der Waals surface area contributed by atoms with Crippen LogP contribution >= 0.6 is 0 Å². The van der Waals surface area contributed by atoms with Gasteiger partial charge in [-0.15, -0.1) is 0 Å². The summed E-state index contributed by atoms with van der Waals surface area (Å²) >= 11 is 0. The van der Waals surface area contributed by atoms with Crippen LogP contribution in [0.25, 0.3) is 0 Å². The highest BCUT2D eigenvalue weighted by molar-refractivity contribution is 5.20. The third-order valence-electron chi connectivity index (χ3n) is 5.14. The van der Waals surface area contributed by atoms with E-state index in [0.717, 1.165) is 12.5 Å². The summed E-state index contributed by atoms with van der Waals surface area (Å²) in [6, 6.07) is 0.647. The smallest absolute Gasteiger partial charge is 0.0527 e. The van der Waals surface area contributed by atoms with Gasteiger partial charge < -0.3 is 5.32 Å². The maximum atomic E-state index is 4.38. The summed E-state index contributed by atoms with van der Waals surface area (Å²) in [6.07, 6.45) is 9.45. The van der Waals surface area contributed by atoms with E-state index in [0.29, 0.717) is 12.0 Å². The molecule has 0 spiro atoms. The molecular formula is C17H31N3. The Labute approximate surface area is 124 Å². The lowest BCUT2D eigenvalue weighted by atomic mass is 9.64. The molecule has 20 heavy (non-hydrogen) atoms. The summed E-state index contributed by atoms with van der Waals surface area (Å²) in [6.45, 7) is 10.6. The number of aromatic nitrogens is 2. The van der Waals surface area contributed by atoms with E-state index in [1.807, 2.05) is 11.7 Å². The van der Waals surface area contributed by atoms with Crippen LogP contribution in [0.5, 0.6) is 0 Å². The number of aryl methyl sites for hydroxylation is 1. The first-order valence-electron chi connectivity index (χ1n) is 8.17. The standard InChI is InChI=1S/C17H31N3/c1-6-9-18-16-10-13(2)7-8-15(16)17(3,4)14-11-19-20(5)12-14/h11-13,15-16,18H,6-10H2,1-5H3. The molecule has 1 heterocycles. The number of rotatable bonds is 5. The van der Waals surface area contributed by atoms with E-state index in [1.54, 1.807) is 0 Å². The molecule has 0 amide bonds. The third kappa shape index (κ3) is 3.25. The third-order valence-corrected chi connectivity index (χ3v) is 5.14. The van der Waals surface area contributed by atoms with Crippen LogP contribution in [0.3, 0.4) is 0 Å². The highest BCUT2D eigenvalue weighted by Crippen LogP contribution is 2.42. The molecule has 0 bridgehead atoms. The average Bonchev–Trinajstić information content (AvgIpc) is 2.83. The molecule has 3 unspecified atom stereocenters. The van der Waals surface area contributed by atoms with Crippen LogP contribution in [-0.4, -0.2) is 22.4 Å². The Kier molecular flexibility index (Phi) is 4.90. The lowest BCUT2D eigenvalue weighted by Gasteiger charge is -2.44. The fourth-order valence-corrected chi connectivity index (χ4v) is 3.77.